The fourth-order valence-electron chi connectivity index (χ4n) is 3.50. The molecule has 0 atom stereocenters. The lowest BCUT2D eigenvalue weighted by molar-refractivity contribution is 0.403. The minimum absolute atomic E-state index is 0.466. The first-order valence-corrected chi connectivity index (χ1v) is 10.9. The van der Waals surface area contributed by atoms with Crippen LogP contribution in [0, 0.1) is 0 Å². The molecule has 8 heteroatoms. The van der Waals surface area contributed by atoms with Crippen molar-refractivity contribution in [1.29, 1.82) is 0 Å². The molecule has 1 aliphatic rings. The maximum Gasteiger partial charge on any atom is 0.172 e. The summed E-state index contributed by atoms with van der Waals surface area (Å²) in [6.07, 6.45) is 11.0. The van der Waals surface area contributed by atoms with E-state index in [9.17, 15) is 0 Å². The summed E-state index contributed by atoms with van der Waals surface area (Å²) < 4.78 is 0. The van der Waals surface area contributed by atoms with Crippen LogP contribution in [0.15, 0.2) is 35.6 Å². The van der Waals surface area contributed by atoms with Crippen LogP contribution in [0.4, 0.5) is 5.82 Å². The average molecular weight is 426 g/mol. The second kappa shape index (κ2) is 11.0. The van der Waals surface area contributed by atoms with Crippen molar-refractivity contribution in [3.05, 3.63) is 36.2 Å². The highest BCUT2D eigenvalue weighted by Gasteiger charge is 2.15. The van der Waals surface area contributed by atoms with Gasteiger partial charge in [-0.15, -0.1) is 0 Å². The van der Waals surface area contributed by atoms with E-state index < -0.39 is 0 Å². The lowest BCUT2D eigenvalue weighted by Crippen LogP contribution is -2.36. The Balaban J connectivity index is 1.67. The molecule has 1 saturated carbocycles. The fraction of sp³-hybridized carbons (Fsp3) is 0.455. The number of rotatable bonds is 8. The molecular formula is C22H31N7S. The van der Waals surface area contributed by atoms with Crippen LogP contribution in [0.25, 0.3) is 16.6 Å². The summed E-state index contributed by atoms with van der Waals surface area (Å²) in [6.45, 7) is 1.77. The van der Waals surface area contributed by atoms with Gasteiger partial charge in [0, 0.05) is 42.3 Å². The fourth-order valence-corrected chi connectivity index (χ4v) is 3.77. The summed E-state index contributed by atoms with van der Waals surface area (Å²) in [5, 5.41) is 7.18. The molecule has 0 unspecified atom stereocenters. The van der Waals surface area contributed by atoms with Crippen LogP contribution in [0.1, 0.15) is 37.7 Å². The molecule has 1 aliphatic carbocycles. The Kier molecular flexibility index (Phi) is 8.10. The smallest absolute Gasteiger partial charge is 0.172 e. The quantitative estimate of drug-likeness (QED) is 0.340. The summed E-state index contributed by atoms with van der Waals surface area (Å²) in [5.74, 6) is 0.701. The second-order valence-corrected chi connectivity index (χ2v) is 8.26. The van der Waals surface area contributed by atoms with Gasteiger partial charge in [0.2, 0.25) is 0 Å². The summed E-state index contributed by atoms with van der Waals surface area (Å²) in [7, 11) is 4.12. The van der Waals surface area contributed by atoms with Gasteiger partial charge in [0.1, 0.15) is 5.82 Å². The maximum atomic E-state index is 5.84. The molecule has 7 nitrogen and oxygen atoms in total. The standard InChI is InChI=1S/C22H31N7S/c1-29(2)11-5-10-24-14-17(13-23)16-12-20-19(25-15-16)8-9-21(27-20)28-22(30)26-18-6-3-4-7-18/h8-9,12-15,18H,3-7,10-11,23H2,1-2H3,(H2,26,27,28,30). The first-order valence-electron chi connectivity index (χ1n) is 10.5. The van der Waals surface area contributed by atoms with Crippen LogP contribution in [0.2, 0.25) is 0 Å². The van der Waals surface area contributed by atoms with Crippen LogP contribution in [-0.4, -0.2) is 59.4 Å². The van der Waals surface area contributed by atoms with Crippen molar-refractivity contribution in [2.45, 2.75) is 38.1 Å². The zero-order chi connectivity index (χ0) is 21.3. The van der Waals surface area contributed by atoms with E-state index in [1.165, 1.54) is 25.7 Å². The first kappa shape index (κ1) is 22.1. The number of nitrogens with one attached hydrogen (secondary N) is 2. The van der Waals surface area contributed by atoms with Crippen molar-refractivity contribution >= 4 is 46.0 Å². The highest BCUT2D eigenvalue weighted by Crippen LogP contribution is 2.20. The van der Waals surface area contributed by atoms with Crippen molar-refractivity contribution in [1.82, 2.24) is 20.2 Å². The molecule has 1 fully saturated rings. The monoisotopic (exact) mass is 425 g/mol. The van der Waals surface area contributed by atoms with Gasteiger partial charge in [-0.2, -0.15) is 0 Å². The number of aliphatic imine (C=N–C) groups is 1. The van der Waals surface area contributed by atoms with E-state index in [0.717, 1.165) is 41.7 Å². The van der Waals surface area contributed by atoms with E-state index in [0.29, 0.717) is 17.0 Å². The lowest BCUT2D eigenvalue weighted by atomic mass is 10.1. The van der Waals surface area contributed by atoms with Crippen LogP contribution in [0.3, 0.4) is 0 Å². The highest BCUT2D eigenvalue weighted by atomic mass is 32.1. The third kappa shape index (κ3) is 6.47. The molecule has 0 amide bonds. The van der Waals surface area contributed by atoms with Crippen molar-refractivity contribution in [3.63, 3.8) is 0 Å². The Morgan fingerprint density at radius 1 is 1.30 bits per heavy atom. The molecule has 2 aromatic heterocycles. The molecule has 3 rings (SSSR count). The van der Waals surface area contributed by atoms with E-state index >= 15 is 0 Å². The predicted octanol–water partition coefficient (Wildman–Crippen LogP) is 3.18. The molecule has 0 aliphatic heterocycles. The summed E-state index contributed by atoms with van der Waals surface area (Å²) in [4.78, 5) is 15.8. The van der Waals surface area contributed by atoms with E-state index in [1.807, 2.05) is 18.2 Å². The molecular weight excluding hydrogens is 394 g/mol. The third-order valence-electron chi connectivity index (χ3n) is 5.11. The minimum Gasteiger partial charge on any atom is -0.404 e. The number of anilines is 1. The van der Waals surface area contributed by atoms with E-state index in [2.05, 4.69) is 44.6 Å². The van der Waals surface area contributed by atoms with Gasteiger partial charge >= 0.3 is 0 Å². The number of nitrogens with zero attached hydrogens (tertiary/aromatic N) is 4. The van der Waals surface area contributed by atoms with E-state index in [-0.39, 0.29) is 0 Å². The number of pyridine rings is 2. The molecule has 2 heterocycles. The Hall–Kier alpha value is -2.58. The van der Waals surface area contributed by atoms with Crippen LogP contribution in [-0.2, 0) is 0 Å². The van der Waals surface area contributed by atoms with Crippen molar-refractivity contribution in [3.8, 4) is 0 Å². The van der Waals surface area contributed by atoms with Crippen LogP contribution < -0.4 is 16.4 Å². The lowest BCUT2D eigenvalue weighted by Gasteiger charge is -2.15. The molecule has 0 bridgehead atoms. The normalized spacial score (nSPS) is 15.4. The third-order valence-corrected chi connectivity index (χ3v) is 5.33. The number of hydrogen-bond donors (Lipinski definition) is 3. The van der Waals surface area contributed by atoms with Crippen molar-refractivity contribution < 1.29 is 0 Å². The summed E-state index contributed by atoms with van der Waals surface area (Å²) in [6, 6.07) is 6.27. The van der Waals surface area contributed by atoms with E-state index in [4.69, 9.17) is 18.0 Å². The van der Waals surface area contributed by atoms with Gasteiger partial charge in [-0.3, -0.25) is 9.98 Å². The van der Waals surface area contributed by atoms with Gasteiger partial charge in [0.05, 0.1) is 11.0 Å². The average Bonchev–Trinajstić information content (AvgIpc) is 3.23. The van der Waals surface area contributed by atoms with E-state index in [1.54, 1.807) is 18.6 Å². The number of hydrogen-bond acceptors (Lipinski definition) is 6. The zero-order valence-electron chi connectivity index (χ0n) is 17.8. The largest absolute Gasteiger partial charge is 0.404 e. The van der Waals surface area contributed by atoms with Crippen LogP contribution in [0.5, 0.6) is 0 Å². The highest BCUT2D eigenvalue weighted by molar-refractivity contribution is 7.80. The van der Waals surface area contributed by atoms with Gasteiger partial charge in [-0.1, -0.05) is 12.8 Å². The van der Waals surface area contributed by atoms with Crippen molar-refractivity contribution in [2.24, 2.45) is 10.7 Å². The summed E-state index contributed by atoms with van der Waals surface area (Å²) >= 11 is 5.44. The number of aromatic nitrogens is 2. The zero-order valence-corrected chi connectivity index (χ0v) is 18.6. The number of allylic oxidation sites excluding steroid dienone is 1. The second-order valence-electron chi connectivity index (χ2n) is 7.85. The number of fused-ring (bicyclic) bond motifs is 1. The minimum atomic E-state index is 0.466. The van der Waals surface area contributed by atoms with Crippen LogP contribution >= 0.6 is 12.2 Å². The molecule has 2 aromatic rings. The van der Waals surface area contributed by atoms with Gasteiger partial charge in [0.25, 0.3) is 0 Å². The molecule has 4 N–H and O–H groups in total. The van der Waals surface area contributed by atoms with Gasteiger partial charge in [-0.25, -0.2) is 4.98 Å². The van der Waals surface area contributed by atoms with Gasteiger partial charge in [0.15, 0.2) is 5.11 Å². The molecule has 0 radical (unpaired) electrons. The molecule has 0 saturated heterocycles. The Morgan fingerprint density at radius 3 is 2.83 bits per heavy atom. The number of thiocarbonyl (C=S) groups is 1. The van der Waals surface area contributed by atoms with Gasteiger partial charge in [-0.05, 0) is 70.3 Å². The topological polar surface area (TPSA) is 91.5 Å². The molecule has 30 heavy (non-hydrogen) atoms. The van der Waals surface area contributed by atoms with Gasteiger partial charge < -0.3 is 21.3 Å². The molecule has 0 spiro atoms. The maximum absolute atomic E-state index is 5.84. The summed E-state index contributed by atoms with van der Waals surface area (Å²) in [5.41, 5.74) is 9.15. The van der Waals surface area contributed by atoms with Crippen molar-refractivity contribution in [2.75, 3.05) is 32.5 Å². The Bertz CT molecular complexity index is 917. The molecule has 160 valence electrons. The Labute approximate surface area is 183 Å². The number of nitrogens with two attached hydrogens (primary N) is 1. The predicted molar refractivity (Wildman–Crippen MR) is 130 cm³/mol. The SMILES string of the molecule is CN(C)CCCN=CC(=CN)c1cnc2ccc(NC(=S)NC3CCCC3)nc2c1. The first-order chi connectivity index (χ1) is 14.5. The Morgan fingerprint density at radius 2 is 2.10 bits per heavy atom. The molecule has 0 aromatic carbocycles.